The number of carbonyl (C=O) groups excluding carboxylic acids is 2. The topological polar surface area (TPSA) is 86.8 Å². The van der Waals surface area contributed by atoms with Crippen LogP contribution >= 0.6 is 11.6 Å². The Balaban J connectivity index is 1.94. The predicted molar refractivity (Wildman–Crippen MR) is 140 cm³/mol. The van der Waals surface area contributed by atoms with Crippen molar-refractivity contribution < 1.29 is 18.0 Å². The third-order valence-electron chi connectivity index (χ3n) is 6.49. The van der Waals surface area contributed by atoms with Crippen molar-refractivity contribution in [3.8, 4) is 0 Å². The average Bonchev–Trinajstić information content (AvgIpc) is 3.31. The van der Waals surface area contributed by atoms with Gasteiger partial charge in [0.25, 0.3) is 0 Å². The number of aryl methyl sites for hydroxylation is 1. The predicted octanol–water partition coefficient (Wildman–Crippen LogP) is 4.28. The summed E-state index contributed by atoms with van der Waals surface area (Å²) in [5.41, 5.74) is 2.11. The first-order chi connectivity index (χ1) is 16.6. The van der Waals surface area contributed by atoms with E-state index in [1.54, 1.807) is 24.3 Å². The molecule has 0 heterocycles. The number of sulfonamides is 1. The molecular weight excluding hydrogens is 486 g/mol. The van der Waals surface area contributed by atoms with E-state index in [-0.39, 0.29) is 29.2 Å². The van der Waals surface area contributed by atoms with Crippen LogP contribution in [0.4, 0.5) is 5.69 Å². The third-order valence-corrected chi connectivity index (χ3v) is 7.94. The van der Waals surface area contributed by atoms with Crippen molar-refractivity contribution in [1.82, 2.24) is 10.2 Å². The first-order valence-electron chi connectivity index (χ1n) is 12.0. The molecule has 1 saturated carbocycles. The van der Waals surface area contributed by atoms with E-state index >= 15 is 0 Å². The lowest BCUT2D eigenvalue weighted by Gasteiger charge is -2.34. The van der Waals surface area contributed by atoms with Crippen molar-refractivity contribution in [3.63, 3.8) is 0 Å². The number of nitrogens with one attached hydrogen (secondary N) is 1. The highest BCUT2D eigenvalue weighted by Gasteiger charge is 2.33. The molecule has 0 spiro atoms. The molecule has 1 atom stereocenters. The third kappa shape index (κ3) is 6.98. The van der Waals surface area contributed by atoms with Crippen LogP contribution in [0.1, 0.15) is 50.2 Å². The number of nitrogens with zero attached hydrogens (tertiary/aromatic N) is 2. The second kappa shape index (κ2) is 11.9. The summed E-state index contributed by atoms with van der Waals surface area (Å²) in [5.74, 6) is -0.669. The molecule has 9 heteroatoms. The highest BCUT2D eigenvalue weighted by atomic mass is 35.5. The van der Waals surface area contributed by atoms with E-state index in [0.29, 0.717) is 6.42 Å². The standard InChI is InChI=1S/C26H34ClN3O4S/c1-4-23(26(32)28-21-13-7-8-14-21)29(17-20-12-6-5-11-19(20)2)25(31)18-30(35(3,33)34)24-16-10-9-15-22(24)27/h5-6,9-12,15-16,21,23H,4,7-8,13-14,17-18H2,1-3H3,(H,28,32)/t23-/m0/s1. The van der Waals surface area contributed by atoms with Crippen LogP contribution in [0.5, 0.6) is 0 Å². The summed E-state index contributed by atoms with van der Waals surface area (Å²) in [6.07, 6.45) is 5.47. The van der Waals surface area contributed by atoms with Gasteiger partial charge in [0.05, 0.1) is 17.0 Å². The number of amides is 2. The molecule has 2 aromatic carbocycles. The smallest absolute Gasteiger partial charge is 0.244 e. The van der Waals surface area contributed by atoms with Crippen LogP contribution in [0.3, 0.4) is 0 Å². The maximum atomic E-state index is 13.7. The van der Waals surface area contributed by atoms with Gasteiger partial charge in [-0.05, 0) is 49.4 Å². The molecule has 2 aromatic rings. The molecule has 1 fully saturated rings. The zero-order valence-corrected chi connectivity index (χ0v) is 22.1. The molecule has 0 unspecified atom stereocenters. The van der Waals surface area contributed by atoms with E-state index in [1.165, 1.54) is 4.90 Å². The quantitative estimate of drug-likeness (QED) is 0.507. The van der Waals surface area contributed by atoms with E-state index in [0.717, 1.165) is 47.4 Å². The van der Waals surface area contributed by atoms with E-state index < -0.39 is 28.5 Å². The Bertz CT molecular complexity index is 1150. The van der Waals surface area contributed by atoms with Gasteiger partial charge in [-0.15, -0.1) is 0 Å². The summed E-state index contributed by atoms with van der Waals surface area (Å²) in [6, 6.07) is 13.6. The van der Waals surface area contributed by atoms with Crippen LogP contribution in [0.15, 0.2) is 48.5 Å². The molecule has 35 heavy (non-hydrogen) atoms. The van der Waals surface area contributed by atoms with Crippen molar-refractivity contribution in [2.75, 3.05) is 17.1 Å². The highest BCUT2D eigenvalue weighted by Crippen LogP contribution is 2.28. The van der Waals surface area contributed by atoms with Gasteiger partial charge in [0.2, 0.25) is 21.8 Å². The summed E-state index contributed by atoms with van der Waals surface area (Å²) in [4.78, 5) is 28.5. The maximum Gasteiger partial charge on any atom is 0.244 e. The number of rotatable bonds is 10. The lowest BCUT2D eigenvalue weighted by molar-refractivity contribution is -0.140. The fourth-order valence-corrected chi connectivity index (χ4v) is 5.66. The van der Waals surface area contributed by atoms with Gasteiger partial charge in [0.15, 0.2) is 0 Å². The SMILES string of the molecule is CC[C@@H](C(=O)NC1CCCC1)N(Cc1ccccc1C)C(=O)CN(c1ccccc1Cl)S(C)(=O)=O. The first kappa shape index (κ1) is 27.0. The van der Waals surface area contributed by atoms with Crippen LogP contribution in [-0.4, -0.2) is 50.0 Å². The van der Waals surface area contributed by atoms with E-state index in [4.69, 9.17) is 11.6 Å². The molecule has 7 nitrogen and oxygen atoms in total. The number of para-hydroxylation sites is 1. The first-order valence-corrected chi connectivity index (χ1v) is 14.2. The van der Waals surface area contributed by atoms with E-state index in [9.17, 15) is 18.0 Å². The minimum absolute atomic E-state index is 0.114. The van der Waals surface area contributed by atoms with Crippen LogP contribution in [0.2, 0.25) is 5.02 Å². The van der Waals surface area contributed by atoms with Gasteiger partial charge in [0, 0.05) is 12.6 Å². The number of benzene rings is 2. The van der Waals surface area contributed by atoms with Crippen molar-refractivity contribution >= 4 is 39.1 Å². The fraction of sp³-hybridized carbons (Fsp3) is 0.462. The highest BCUT2D eigenvalue weighted by molar-refractivity contribution is 7.92. The molecule has 1 aliphatic carbocycles. The second-order valence-corrected chi connectivity index (χ2v) is 11.4. The van der Waals surface area contributed by atoms with Crippen molar-refractivity contribution in [2.45, 2.75) is 64.6 Å². The zero-order valence-electron chi connectivity index (χ0n) is 20.5. The Morgan fingerprint density at radius 2 is 1.71 bits per heavy atom. The Kier molecular flexibility index (Phi) is 9.19. The molecule has 0 aliphatic heterocycles. The van der Waals surface area contributed by atoms with Gasteiger partial charge in [-0.25, -0.2) is 8.42 Å². The maximum absolute atomic E-state index is 13.7. The molecule has 0 saturated heterocycles. The summed E-state index contributed by atoms with van der Waals surface area (Å²) >= 11 is 6.28. The molecule has 0 aromatic heterocycles. The normalized spacial score (nSPS) is 15.0. The summed E-state index contributed by atoms with van der Waals surface area (Å²) < 4.78 is 26.4. The Hall–Kier alpha value is -2.58. The number of anilines is 1. The zero-order chi connectivity index (χ0) is 25.6. The Morgan fingerprint density at radius 3 is 2.31 bits per heavy atom. The number of carbonyl (C=O) groups is 2. The van der Waals surface area contributed by atoms with Gasteiger partial charge in [-0.1, -0.05) is 67.8 Å². The van der Waals surface area contributed by atoms with Crippen LogP contribution in [0, 0.1) is 6.92 Å². The Labute approximate surface area is 213 Å². The molecular formula is C26H34ClN3O4S. The minimum atomic E-state index is -3.82. The molecule has 3 rings (SSSR count). The molecule has 190 valence electrons. The van der Waals surface area contributed by atoms with Crippen molar-refractivity contribution in [2.24, 2.45) is 0 Å². The largest absolute Gasteiger partial charge is 0.352 e. The average molecular weight is 520 g/mol. The van der Waals surface area contributed by atoms with Gasteiger partial charge in [0.1, 0.15) is 12.6 Å². The minimum Gasteiger partial charge on any atom is -0.352 e. The molecule has 1 N–H and O–H groups in total. The summed E-state index contributed by atoms with van der Waals surface area (Å²) in [6.45, 7) is 3.55. The van der Waals surface area contributed by atoms with E-state index in [2.05, 4.69) is 5.32 Å². The van der Waals surface area contributed by atoms with Crippen LogP contribution in [0.25, 0.3) is 0 Å². The lowest BCUT2D eigenvalue weighted by Crippen LogP contribution is -2.53. The van der Waals surface area contributed by atoms with Crippen LogP contribution in [-0.2, 0) is 26.2 Å². The van der Waals surface area contributed by atoms with Gasteiger partial charge < -0.3 is 10.2 Å². The summed E-state index contributed by atoms with van der Waals surface area (Å²) in [5, 5.41) is 3.33. The number of hydrogen-bond acceptors (Lipinski definition) is 4. The molecule has 2 amide bonds. The fourth-order valence-electron chi connectivity index (χ4n) is 4.51. The molecule has 0 bridgehead atoms. The van der Waals surface area contributed by atoms with Gasteiger partial charge in [-0.3, -0.25) is 13.9 Å². The van der Waals surface area contributed by atoms with E-state index in [1.807, 2.05) is 38.1 Å². The molecule has 1 aliphatic rings. The molecule has 0 radical (unpaired) electrons. The van der Waals surface area contributed by atoms with Gasteiger partial charge in [-0.2, -0.15) is 0 Å². The van der Waals surface area contributed by atoms with Crippen LogP contribution < -0.4 is 9.62 Å². The monoisotopic (exact) mass is 519 g/mol. The second-order valence-electron chi connectivity index (χ2n) is 9.08. The number of halogens is 1. The lowest BCUT2D eigenvalue weighted by atomic mass is 10.1. The summed E-state index contributed by atoms with van der Waals surface area (Å²) in [7, 11) is -3.82. The van der Waals surface area contributed by atoms with Crippen molar-refractivity contribution in [3.05, 3.63) is 64.7 Å². The Morgan fingerprint density at radius 1 is 1.09 bits per heavy atom. The number of hydrogen-bond donors (Lipinski definition) is 1. The van der Waals surface area contributed by atoms with Crippen molar-refractivity contribution in [1.29, 1.82) is 0 Å². The van der Waals surface area contributed by atoms with Gasteiger partial charge >= 0.3 is 0 Å².